The Morgan fingerprint density at radius 1 is 1.27 bits per heavy atom. The van der Waals surface area contributed by atoms with Crippen LogP contribution < -0.4 is 4.90 Å². The van der Waals surface area contributed by atoms with E-state index in [0.717, 1.165) is 4.90 Å². The molecule has 1 fully saturated rings. The number of anilines is 1. The van der Waals surface area contributed by atoms with E-state index in [1.165, 1.54) is 0 Å². The van der Waals surface area contributed by atoms with Crippen molar-refractivity contribution in [3.63, 3.8) is 0 Å². The summed E-state index contributed by atoms with van der Waals surface area (Å²) in [6.07, 6.45) is -5.94. The van der Waals surface area contributed by atoms with Gasteiger partial charge in [0, 0.05) is 18.4 Å². The Kier molecular flexibility index (Phi) is 3.55. The van der Waals surface area contributed by atoms with E-state index in [1.807, 2.05) is 0 Å². The minimum absolute atomic E-state index is 0.0421. The predicted octanol–water partition coefficient (Wildman–Crippen LogP) is 2.42. The van der Waals surface area contributed by atoms with Crippen molar-refractivity contribution in [3.8, 4) is 0 Å². The summed E-state index contributed by atoms with van der Waals surface area (Å²) in [7, 11) is 0. The first-order chi connectivity index (χ1) is 12.3. The molecule has 0 saturated carbocycles. The van der Waals surface area contributed by atoms with Crippen LogP contribution in [0.1, 0.15) is 12.2 Å². The van der Waals surface area contributed by atoms with E-state index in [4.69, 9.17) is 4.42 Å². The lowest BCUT2D eigenvalue weighted by molar-refractivity contribution is -0.144. The van der Waals surface area contributed by atoms with Gasteiger partial charge in [0.25, 0.3) is 0 Å². The molecule has 1 saturated heterocycles. The van der Waals surface area contributed by atoms with Crippen LogP contribution in [0.15, 0.2) is 28.7 Å². The summed E-state index contributed by atoms with van der Waals surface area (Å²) in [5.74, 6) is -2.95. The Hall–Kier alpha value is -2.88. The molecule has 2 N–H and O–H groups in total. The summed E-state index contributed by atoms with van der Waals surface area (Å²) >= 11 is 0. The maximum absolute atomic E-state index is 13.3. The molecule has 1 aromatic carbocycles. The molecule has 10 heteroatoms. The van der Waals surface area contributed by atoms with E-state index in [9.17, 15) is 28.2 Å². The molecule has 0 bridgehead atoms. The summed E-state index contributed by atoms with van der Waals surface area (Å²) < 4.78 is 45.5. The largest absolute Gasteiger partial charge is 0.480 e. The van der Waals surface area contributed by atoms with E-state index in [-0.39, 0.29) is 29.9 Å². The standard InChI is InChI=1S/C16H12F3N3O4/c17-16(18,19)15-20-11-8-3-1-2-4-10(8)26-12(11)13(21-15)22-6-7(23)5-9(22)14(24)25/h1-4,7,9,23H,5-6H2,(H,24,25)/t7-,9-/m0/s1. The minimum atomic E-state index is -4.82. The number of para-hydroxylation sites is 1. The van der Waals surface area contributed by atoms with Gasteiger partial charge in [-0.05, 0) is 12.1 Å². The number of fused-ring (bicyclic) bond motifs is 3. The van der Waals surface area contributed by atoms with Gasteiger partial charge in [0.2, 0.25) is 5.82 Å². The van der Waals surface area contributed by atoms with Crippen LogP contribution in [-0.4, -0.2) is 44.8 Å². The van der Waals surface area contributed by atoms with Crippen molar-refractivity contribution in [2.75, 3.05) is 11.4 Å². The van der Waals surface area contributed by atoms with Gasteiger partial charge >= 0.3 is 12.1 Å². The molecule has 26 heavy (non-hydrogen) atoms. The van der Waals surface area contributed by atoms with Crippen LogP contribution in [0.25, 0.3) is 22.1 Å². The maximum Gasteiger partial charge on any atom is 0.451 e. The fourth-order valence-electron chi connectivity index (χ4n) is 3.18. The van der Waals surface area contributed by atoms with Gasteiger partial charge in [-0.15, -0.1) is 0 Å². The smallest absolute Gasteiger partial charge is 0.451 e. The van der Waals surface area contributed by atoms with Crippen LogP contribution in [0, 0.1) is 0 Å². The molecule has 4 rings (SSSR count). The van der Waals surface area contributed by atoms with E-state index >= 15 is 0 Å². The molecular formula is C16H12F3N3O4. The number of aliphatic carboxylic acids is 1. The number of halogens is 3. The van der Waals surface area contributed by atoms with Gasteiger partial charge < -0.3 is 19.5 Å². The van der Waals surface area contributed by atoms with Crippen molar-refractivity contribution >= 4 is 33.9 Å². The second-order valence-corrected chi connectivity index (χ2v) is 6.04. The zero-order valence-corrected chi connectivity index (χ0v) is 13.1. The fourth-order valence-corrected chi connectivity index (χ4v) is 3.18. The molecule has 3 aromatic rings. The fraction of sp³-hybridized carbons (Fsp3) is 0.312. The van der Waals surface area contributed by atoms with Gasteiger partial charge in [-0.2, -0.15) is 13.2 Å². The van der Waals surface area contributed by atoms with E-state index in [1.54, 1.807) is 24.3 Å². The third-order valence-corrected chi connectivity index (χ3v) is 4.29. The van der Waals surface area contributed by atoms with Crippen molar-refractivity contribution in [2.45, 2.75) is 24.7 Å². The number of carboxylic acids is 1. The van der Waals surface area contributed by atoms with Crippen LogP contribution in [0.4, 0.5) is 19.0 Å². The molecule has 7 nitrogen and oxygen atoms in total. The molecule has 3 heterocycles. The number of hydrogen-bond acceptors (Lipinski definition) is 6. The second-order valence-electron chi connectivity index (χ2n) is 6.04. The molecule has 0 spiro atoms. The van der Waals surface area contributed by atoms with Crippen LogP contribution in [0.5, 0.6) is 0 Å². The Balaban J connectivity index is 2.02. The number of furan rings is 1. The van der Waals surface area contributed by atoms with Crippen molar-refractivity contribution < 1.29 is 32.6 Å². The maximum atomic E-state index is 13.3. The van der Waals surface area contributed by atoms with Crippen LogP contribution in [0.3, 0.4) is 0 Å². The van der Waals surface area contributed by atoms with Gasteiger partial charge in [0.05, 0.1) is 6.10 Å². The molecule has 1 aliphatic rings. The van der Waals surface area contributed by atoms with Crippen molar-refractivity contribution in [1.82, 2.24) is 9.97 Å². The highest BCUT2D eigenvalue weighted by molar-refractivity contribution is 6.06. The van der Waals surface area contributed by atoms with Gasteiger partial charge in [-0.1, -0.05) is 12.1 Å². The summed E-state index contributed by atoms with van der Waals surface area (Å²) in [6, 6.07) is 5.21. The Morgan fingerprint density at radius 2 is 2.00 bits per heavy atom. The van der Waals surface area contributed by atoms with Gasteiger partial charge in [0.1, 0.15) is 17.1 Å². The van der Waals surface area contributed by atoms with Gasteiger partial charge in [-0.25, -0.2) is 14.8 Å². The number of rotatable bonds is 2. The number of nitrogens with zero attached hydrogens (tertiary/aromatic N) is 3. The third-order valence-electron chi connectivity index (χ3n) is 4.29. The van der Waals surface area contributed by atoms with Crippen LogP contribution >= 0.6 is 0 Å². The number of alkyl halides is 3. The Morgan fingerprint density at radius 3 is 2.69 bits per heavy atom. The molecule has 0 unspecified atom stereocenters. The summed E-state index contributed by atoms with van der Waals surface area (Å²) in [5, 5.41) is 19.5. The first-order valence-corrected chi connectivity index (χ1v) is 7.69. The summed E-state index contributed by atoms with van der Waals surface area (Å²) in [5.41, 5.74) is 0.215. The number of hydrogen-bond donors (Lipinski definition) is 2. The van der Waals surface area contributed by atoms with Crippen molar-refractivity contribution in [1.29, 1.82) is 0 Å². The van der Waals surface area contributed by atoms with E-state index in [2.05, 4.69) is 9.97 Å². The van der Waals surface area contributed by atoms with Crippen LogP contribution in [0.2, 0.25) is 0 Å². The van der Waals surface area contributed by atoms with Crippen molar-refractivity contribution in [3.05, 3.63) is 30.1 Å². The number of β-amino-alcohol motifs (C(OH)–C–C–N with tert-alkyl or cyclic N) is 1. The Bertz CT molecular complexity index is 1020. The van der Waals surface area contributed by atoms with Gasteiger partial charge in [0.15, 0.2) is 11.4 Å². The second kappa shape index (κ2) is 5.56. The lowest BCUT2D eigenvalue weighted by atomic mass is 10.2. The van der Waals surface area contributed by atoms with Gasteiger partial charge in [-0.3, -0.25) is 0 Å². The molecule has 0 aliphatic carbocycles. The lowest BCUT2D eigenvalue weighted by Crippen LogP contribution is -2.37. The first-order valence-electron chi connectivity index (χ1n) is 7.69. The number of benzene rings is 1. The molecule has 0 radical (unpaired) electrons. The molecule has 2 aromatic heterocycles. The number of carboxylic acid groups (broad SMARTS) is 1. The molecular weight excluding hydrogens is 355 g/mol. The highest BCUT2D eigenvalue weighted by Crippen LogP contribution is 2.38. The minimum Gasteiger partial charge on any atom is -0.480 e. The predicted molar refractivity (Wildman–Crippen MR) is 83.7 cm³/mol. The summed E-state index contributed by atoms with van der Waals surface area (Å²) in [4.78, 5) is 19.7. The molecule has 0 amide bonds. The topological polar surface area (TPSA) is 99.7 Å². The monoisotopic (exact) mass is 367 g/mol. The zero-order valence-electron chi connectivity index (χ0n) is 13.1. The number of aromatic nitrogens is 2. The average molecular weight is 367 g/mol. The van der Waals surface area contributed by atoms with E-state index < -0.39 is 30.1 Å². The molecule has 1 aliphatic heterocycles. The number of carbonyl (C=O) groups is 1. The highest BCUT2D eigenvalue weighted by Gasteiger charge is 2.41. The van der Waals surface area contributed by atoms with E-state index in [0.29, 0.717) is 11.0 Å². The normalized spacial score (nSPS) is 21.0. The first kappa shape index (κ1) is 16.6. The third kappa shape index (κ3) is 2.53. The molecule has 136 valence electrons. The number of aliphatic hydroxyl groups excluding tert-OH is 1. The SMILES string of the molecule is O=C(O)[C@@H]1C[C@H](O)CN1c1nc(C(F)(F)F)nc2c1oc1ccccc12. The zero-order chi connectivity index (χ0) is 18.6. The summed E-state index contributed by atoms with van der Waals surface area (Å²) in [6.45, 7) is -0.169. The lowest BCUT2D eigenvalue weighted by Gasteiger charge is -2.22. The Labute approximate surface area is 143 Å². The van der Waals surface area contributed by atoms with Crippen LogP contribution in [-0.2, 0) is 11.0 Å². The quantitative estimate of drug-likeness (QED) is 0.717. The number of aliphatic hydroxyl groups is 1. The van der Waals surface area contributed by atoms with Crippen molar-refractivity contribution in [2.24, 2.45) is 0 Å². The highest BCUT2D eigenvalue weighted by atomic mass is 19.4. The molecule has 2 atom stereocenters. The average Bonchev–Trinajstić information content (AvgIpc) is 3.13.